The van der Waals surface area contributed by atoms with Crippen LogP contribution >= 0.6 is 0 Å². The molecule has 0 saturated heterocycles. The van der Waals surface area contributed by atoms with Crippen molar-refractivity contribution in [1.82, 2.24) is 10.5 Å². The van der Waals surface area contributed by atoms with Gasteiger partial charge in [0.05, 0.1) is 18.7 Å². The molecule has 0 aromatic carbocycles. The van der Waals surface area contributed by atoms with E-state index < -0.39 is 5.97 Å². The smallest absolute Gasteiger partial charge is 0.306 e. The normalized spacial score (nSPS) is 23.5. The van der Waals surface area contributed by atoms with Crippen LogP contribution in [0.5, 0.6) is 0 Å². The lowest BCUT2D eigenvalue weighted by molar-refractivity contribution is -0.141. The molecule has 2 N–H and O–H groups in total. The maximum Gasteiger partial charge on any atom is 0.306 e. The van der Waals surface area contributed by atoms with Gasteiger partial charge < -0.3 is 14.9 Å². The minimum absolute atomic E-state index is 0.106. The monoisotopic (exact) mass is 238 g/mol. The van der Waals surface area contributed by atoms with Gasteiger partial charge in [0.1, 0.15) is 0 Å². The van der Waals surface area contributed by atoms with E-state index in [1.807, 2.05) is 0 Å². The fraction of sp³-hybridized carbons (Fsp3) is 0.545. The van der Waals surface area contributed by atoms with E-state index in [9.17, 15) is 9.59 Å². The number of carbonyl (C=O) groups is 2. The number of nitrogens with zero attached hydrogens (tertiary/aromatic N) is 1. The van der Waals surface area contributed by atoms with Gasteiger partial charge in [0.25, 0.3) is 0 Å². The zero-order chi connectivity index (χ0) is 12.3. The Morgan fingerprint density at radius 3 is 2.82 bits per heavy atom. The van der Waals surface area contributed by atoms with E-state index in [-0.39, 0.29) is 17.7 Å². The van der Waals surface area contributed by atoms with E-state index in [0.29, 0.717) is 31.6 Å². The number of aromatic nitrogens is 1. The molecular weight excluding hydrogens is 224 g/mol. The first-order chi connectivity index (χ1) is 8.16. The standard InChI is InChI=1S/C11H14N2O4/c14-10(12-6-9-3-4-13-17-9)7-1-2-8(5-7)11(15)16/h3-4,7-8H,1-2,5-6H2,(H,12,14)(H,15,16). The van der Waals surface area contributed by atoms with Crippen LogP contribution < -0.4 is 5.32 Å². The van der Waals surface area contributed by atoms with Crippen molar-refractivity contribution in [2.24, 2.45) is 11.8 Å². The third-order valence-electron chi connectivity index (χ3n) is 3.08. The first-order valence-electron chi connectivity index (χ1n) is 5.57. The molecule has 0 bridgehead atoms. The van der Waals surface area contributed by atoms with Gasteiger partial charge in [-0.1, -0.05) is 5.16 Å². The molecule has 92 valence electrons. The van der Waals surface area contributed by atoms with Crippen molar-refractivity contribution in [3.63, 3.8) is 0 Å². The predicted octanol–water partition coefficient (Wildman–Crippen LogP) is 0.792. The number of carboxylic acids is 1. The number of carbonyl (C=O) groups excluding carboxylic acids is 1. The van der Waals surface area contributed by atoms with E-state index >= 15 is 0 Å². The number of carboxylic acid groups (broad SMARTS) is 1. The molecule has 2 unspecified atom stereocenters. The third-order valence-corrected chi connectivity index (χ3v) is 3.08. The van der Waals surface area contributed by atoms with Crippen molar-refractivity contribution in [3.05, 3.63) is 18.0 Å². The third kappa shape index (κ3) is 2.83. The summed E-state index contributed by atoms with van der Waals surface area (Å²) in [7, 11) is 0. The molecule has 1 saturated carbocycles. The molecular formula is C11H14N2O4. The van der Waals surface area contributed by atoms with Gasteiger partial charge in [-0.05, 0) is 19.3 Å². The fourth-order valence-electron chi connectivity index (χ4n) is 2.10. The summed E-state index contributed by atoms with van der Waals surface area (Å²) in [4.78, 5) is 22.5. The van der Waals surface area contributed by atoms with Gasteiger partial charge in [-0.3, -0.25) is 9.59 Å². The lowest BCUT2D eigenvalue weighted by Crippen LogP contribution is -2.29. The summed E-state index contributed by atoms with van der Waals surface area (Å²) in [5.74, 6) is -0.901. The van der Waals surface area contributed by atoms with E-state index in [1.165, 1.54) is 6.20 Å². The zero-order valence-electron chi connectivity index (χ0n) is 9.26. The Labute approximate surface area is 98.0 Å². The summed E-state index contributed by atoms with van der Waals surface area (Å²) >= 11 is 0. The highest BCUT2D eigenvalue weighted by Gasteiger charge is 2.33. The molecule has 1 heterocycles. The molecule has 0 aliphatic heterocycles. The highest BCUT2D eigenvalue weighted by Crippen LogP contribution is 2.31. The Balaban J connectivity index is 1.79. The van der Waals surface area contributed by atoms with E-state index in [1.54, 1.807) is 6.07 Å². The second-order valence-electron chi connectivity index (χ2n) is 4.24. The highest BCUT2D eigenvalue weighted by molar-refractivity contribution is 5.80. The Hall–Kier alpha value is -1.85. The van der Waals surface area contributed by atoms with Crippen molar-refractivity contribution in [2.75, 3.05) is 0 Å². The molecule has 1 fully saturated rings. The van der Waals surface area contributed by atoms with Crippen LogP contribution in [0, 0.1) is 11.8 Å². The van der Waals surface area contributed by atoms with Crippen LogP contribution in [0.2, 0.25) is 0 Å². The quantitative estimate of drug-likeness (QED) is 0.809. The van der Waals surface area contributed by atoms with Crippen LogP contribution in [0.15, 0.2) is 16.8 Å². The minimum Gasteiger partial charge on any atom is -0.481 e. The number of amides is 1. The van der Waals surface area contributed by atoms with Gasteiger partial charge in [0, 0.05) is 12.0 Å². The second kappa shape index (κ2) is 4.99. The molecule has 17 heavy (non-hydrogen) atoms. The van der Waals surface area contributed by atoms with Gasteiger partial charge >= 0.3 is 5.97 Å². The first-order valence-corrected chi connectivity index (χ1v) is 5.57. The van der Waals surface area contributed by atoms with Crippen molar-refractivity contribution >= 4 is 11.9 Å². The lowest BCUT2D eigenvalue weighted by atomic mass is 10.0. The van der Waals surface area contributed by atoms with Crippen molar-refractivity contribution < 1.29 is 19.2 Å². The van der Waals surface area contributed by atoms with Gasteiger partial charge in [-0.25, -0.2) is 0 Å². The summed E-state index contributed by atoms with van der Waals surface area (Å²) < 4.78 is 4.85. The van der Waals surface area contributed by atoms with E-state index in [2.05, 4.69) is 10.5 Å². The minimum atomic E-state index is -0.810. The number of nitrogens with one attached hydrogen (secondary N) is 1. The highest BCUT2D eigenvalue weighted by atomic mass is 16.5. The molecule has 6 heteroatoms. The molecule has 1 aromatic heterocycles. The maximum absolute atomic E-state index is 11.7. The second-order valence-corrected chi connectivity index (χ2v) is 4.24. The Morgan fingerprint density at radius 2 is 2.24 bits per heavy atom. The van der Waals surface area contributed by atoms with Crippen molar-refractivity contribution in [3.8, 4) is 0 Å². The average molecular weight is 238 g/mol. The Morgan fingerprint density at radius 1 is 1.47 bits per heavy atom. The number of aliphatic carboxylic acids is 1. The summed E-state index contributed by atoms with van der Waals surface area (Å²) in [6.07, 6.45) is 3.16. The van der Waals surface area contributed by atoms with Gasteiger partial charge in [-0.2, -0.15) is 0 Å². The van der Waals surface area contributed by atoms with Crippen LogP contribution in [0.25, 0.3) is 0 Å². The first kappa shape index (κ1) is 11.6. The van der Waals surface area contributed by atoms with E-state index in [0.717, 1.165) is 0 Å². The van der Waals surface area contributed by atoms with Gasteiger partial charge in [0.2, 0.25) is 5.91 Å². The van der Waals surface area contributed by atoms with E-state index in [4.69, 9.17) is 9.63 Å². The number of hydrogen-bond acceptors (Lipinski definition) is 4. The molecule has 0 spiro atoms. The average Bonchev–Trinajstić information content (AvgIpc) is 2.96. The SMILES string of the molecule is O=C(O)C1CCC(C(=O)NCc2ccno2)C1. The lowest BCUT2D eigenvalue weighted by Gasteiger charge is -2.09. The molecule has 2 atom stereocenters. The van der Waals surface area contributed by atoms with Crippen LogP contribution in [-0.4, -0.2) is 22.1 Å². The number of rotatable bonds is 4. The molecule has 6 nitrogen and oxygen atoms in total. The Bertz CT molecular complexity index is 402. The molecule has 1 aliphatic rings. The molecule has 2 rings (SSSR count). The molecule has 0 radical (unpaired) electrons. The van der Waals surface area contributed by atoms with Crippen molar-refractivity contribution in [2.45, 2.75) is 25.8 Å². The zero-order valence-corrected chi connectivity index (χ0v) is 9.26. The van der Waals surface area contributed by atoms with Gasteiger partial charge in [0.15, 0.2) is 5.76 Å². The summed E-state index contributed by atoms with van der Waals surface area (Å²) in [6, 6.07) is 1.68. The maximum atomic E-state index is 11.7. The molecule has 1 aliphatic carbocycles. The van der Waals surface area contributed by atoms with Crippen LogP contribution in [0.3, 0.4) is 0 Å². The van der Waals surface area contributed by atoms with Crippen LogP contribution in [0.1, 0.15) is 25.0 Å². The van der Waals surface area contributed by atoms with Crippen LogP contribution in [-0.2, 0) is 16.1 Å². The van der Waals surface area contributed by atoms with Crippen molar-refractivity contribution in [1.29, 1.82) is 0 Å². The van der Waals surface area contributed by atoms with Gasteiger partial charge in [-0.15, -0.1) is 0 Å². The predicted molar refractivity (Wildman–Crippen MR) is 56.8 cm³/mol. The fourth-order valence-corrected chi connectivity index (χ4v) is 2.10. The number of hydrogen-bond donors (Lipinski definition) is 2. The summed E-state index contributed by atoms with van der Waals surface area (Å²) in [5, 5.41) is 15.1. The Kier molecular flexibility index (Phi) is 3.41. The molecule has 1 aromatic rings. The summed E-state index contributed by atoms with van der Waals surface area (Å²) in [6.45, 7) is 0.299. The summed E-state index contributed by atoms with van der Waals surface area (Å²) in [5.41, 5.74) is 0. The van der Waals surface area contributed by atoms with Crippen LogP contribution in [0.4, 0.5) is 0 Å². The topological polar surface area (TPSA) is 92.4 Å². The largest absolute Gasteiger partial charge is 0.481 e. The molecule has 1 amide bonds.